The van der Waals surface area contributed by atoms with Gasteiger partial charge in [0.05, 0.1) is 45.4 Å². The van der Waals surface area contributed by atoms with E-state index in [0.717, 1.165) is 72.9 Å². The molecule has 0 N–H and O–H groups in total. The molecule has 2 aliphatic rings. The van der Waals surface area contributed by atoms with Crippen molar-refractivity contribution in [2.45, 2.75) is 19.4 Å². The van der Waals surface area contributed by atoms with Crippen molar-refractivity contribution < 1.29 is 0 Å². The van der Waals surface area contributed by atoms with E-state index in [0.29, 0.717) is 5.92 Å². The zero-order valence-electron chi connectivity index (χ0n) is 27.0. The topological polar surface area (TPSA) is 41.9 Å². The lowest BCUT2D eigenvalue weighted by Gasteiger charge is -2.35. The molecule has 2 unspecified atom stereocenters. The maximum atomic E-state index is 5.32. The summed E-state index contributed by atoms with van der Waals surface area (Å²) in [7, 11) is 2.20. The van der Waals surface area contributed by atoms with Gasteiger partial charge in [0, 0.05) is 39.9 Å². The van der Waals surface area contributed by atoms with E-state index in [-0.39, 0.29) is 6.04 Å². The van der Waals surface area contributed by atoms with Crippen molar-refractivity contribution in [3.05, 3.63) is 151 Å². The van der Waals surface area contributed by atoms with Gasteiger partial charge in [0.15, 0.2) is 0 Å². The van der Waals surface area contributed by atoms with Crippen molar-refractivity contribution in [3.8, 4) is 33.8 Å². The van der Waals surface area contributed by atoms with Crippen molar-refractivity contribution >= 4 is 44.5 Å². The first-order valence-electron chi connectivity index (χ1n) is 16.7. The number of hydrogen-bond donors (Lipinski definition) is 0. The summed E-state index contributed by atoms with van der Waals surface area (Å²) in [4.78, 5) is 18.0. The van der Waals surface area contributed by atoms with Crippen LogP contribution in [0.5, 0.6) is 0 Å². The molecule has 7 aromatic rings. The van der Waals surface area contributed by atoms with E-state index in [1.54, 1.807) is 0 Å². The number of likely N-dealkylation sites (N-methyl/N-ethyl adjacent to an activating group) is 1. The number of benzene rings is 4. The molecule has 9 rings (SSSR count). The third-order valence-electron chi connectivity index (χ3n) is 9.77. The monoisotopic (exact) mass is 618 g/mol. The van der Waals surface area contributed by atoms with E-state index >= 15 is 0 Å². The highest BCUT2D eigenvalue weighted by Gasteiger charge is 2.25. The Balaban J connectivity index is 1.11. The molecular weight excluding hydrogens is 585 g/mol. The highest BCUT2D eigenvalue weighted by Crippen LogP contribution is 2.38. The van der Waals surface area contributed by atoms with Crippen LogP contribution < -0.4 is 4.90 Å². The van der Waals surface area contributed by atoms with Crippen molar-refractivity contribution in [3.63, 3.8) is 0 Å². The summed E-state index contributed by atoms with van der Waals surface area (Å²) in [5, 5.41) is 3.30. The summed E-state index contributed by atoms with van der Waals surface area (Å²) >= 11 is 0. The Kier molecular flexibility index (Phi) is 6.75. The molecule has 0 bridgehead atoms. The van der Waals surface area contributed by atoms with Crippen LogP contribution in [0.25, 0.3) is 72.6 Å². The zero-order valence-corrected chi connectivity index (χ0v) is 27.0. The van der Waals surface area contributed by atoms with Crippen molar-refractivity contribution in [2.75, 3.05) is 11.9 Å². The third-order valence-corrected chi connectivity index (χ3v) is 9.77. The van der Waals surface area contributed by atoms with Gasteiger partial charge < -0.3 is 4.90 Å². The third kappa shape index (κ3) is 4.89. The van der Waals surface area contributed by atoms with Crippen molar-refractivity contribution in [2.24, 2.45) is 5.92 Å². The fraction of sp³-hybridized carbons (Fsp3) is 0.114. The molecular formula is C44H34N4. The van der Waals surface area contributed by atoms with E-state index in [4.69, 9.17) is 15.0 Å². The predicted octanol–water partition coefficient (Wildman–Crippen LogP) is 10.7. The Hall–Kier alpha value is -5.87. The average molecular weight is 619 g/mol. The minimum absolute atomic E-state index is 0.184. The van der Waals surface area contributed by atoms with E-state index in [1.807, 2.05) is 18.2 Å². The van der Waals surface area contributed by atoms with Gasteiger partial charge in [-0.05, 0) is 47.7 Å². The molecule has 1 aliphatic carbocycles. The number of pyridine rings is 3. The first-order chi connectivity index (χ1) is 23.6. The second-order valence-electron chi connectivity index (χ2n) is 13.0. The van der Waals surface area contributed by atoms with Crippen molar-refractivity contribution in [1.82, 2.24) is 15.0 Å². The van der Waals surface area contributed by atoms with E-state index in [9.17, 15) is 0 Å². The summed E-state index contributed by atoms with van der Waals surface area (Å²) in [5.74, 6) is 0.552. The largest absolute Gasteiger partial charge is 0.362 e. The average Bonchev–Trinajstić information content (AvgIpc) is 3.14. The Morgan fingerprint density at radius 3 is 1.81 bits per heavy atom. The van der Waals surface area contributed by atoms with Gasteiger partial charge in [-0.2, -0.15) is 0 Å². The van der Waals surface area contributed by atoms with Gasteiger partial charge in [0.25, 0.3) is 0 Å². The maximum Gasteiger partial charge on any atom is 0.0972 e. The maximum absolute atomic E-state index is 5.32. The van der Waals surface area contributed by atoms with Gasteiger partial charge in [0.1, 0.15) is 0 Å². The number of hydrogen-bond acceptors (Lipinski definition) is 4. The fourth-order valence-corrected chi connectivity index (χ4v) is 7.26. The second kappa shape index (κ2) is 11.4. The molecule has 230 valence electrons. The van der Waals surface area contributed by atoms with Crippen LogP contribution in [0, 0.1) is 5.92 Å². The van der Waals surface area contributed by atoms with Gasteiger partial charge in [-0.1, -0.05) is 128 Å². The second-order valence-corrected chi connectivity index (χ2v) is 13.0. The molecule has 0 amide bonds. The summed E-state index contributed by atoms with van der Waals surface area (Å²) in [5.41, 5.74) is 12.6. The number of aromatic nitrogens is 3. The van der Waals surface area contributed by atoms with Crippen molar-refractivity contribution in [1.29, 1.82) is 0 Å². The molecule has 0 saturated carbocycles. The highest BCUT2D eigenvalue weighted by atomic mass is 15.1. The minimum atomic E-state index is 0.184. The smallest absolute Gasteiger partial charge is 0.0972 e. The summed E-state index contributed by atoms with van der Waals surface area (Å²) in [6.45, 7) is 2.29. The Morgan fingerprint density at radius 2 is 1.15 bits per heavy atom. The van der Waals surface area contributed by atoms with Gasteiger partial charge in [0.2, 0.25) is 0 Å². The van der Waals surface area contributed by atoms with Crippen LogP contribution in [-0.4, -0.2) is 28.0 Å². The lowest BCUT2D eigenvalue weighted by Crippen LogP contribution is -2.34. The predicted molar refractivity (Wildman–Crippen MR) is 201 cm³/mol. The first kappa shape index (κ1) is 28.4. The number of rotatable bonds is 4. The molecule has 0 radical (unpaired) electrons. The fourth-order valence-electron chi connectivity index (χ4n) is 7.26. The highest BCUT2D eigenvalue weighted by molar-refractivity contribution is 6.04. The zero-order chi connectivity index (χ0) is 32.2. The summed E-state index contributed by atoms with van der Waals surface area (Å²) < 4.78 is 0. The normalized spacial score (nSPS) is 17.2. The molecule has 0 saturated heterocycles. The molecule has 48 heavy (non-hydrogen) atoms. The SMILES string of the molecule is CC1C=C(C2C=Cc3ccc4ccc(-c5cccc(-c6ccc7ccc8ccc(-c9ccccc9)nc8c7n6)c5)nc4c3N2C)C=CC1. The van der Waals surface area contributed by atoms with Crippen LogP contribution in [0.15, 0.2) is 145 Å². The van der Waals surface area contributed by atoms with Crippen LogP contribution >= 0.6 is 0 Å². The molecule has 4 aromatic carbocycles. The Labute approximate surface area is 280 Å². The van der Waals surface area contributed by atoms with Crippen LogP contribution in [0.4, 0.5) is 5.69 Å². The number of nitrogens with zero attached hydrogens (tertiary/aromatic N) is 4. The Bertz CT molecular complexity index is 2470. The van der Waals surface area contributed by atoms with Gasteiger partial charge >= 0.3 is 0 Å². The lowest BCUT2D eigenvalue weighted by atomic mass is 9.90. The first-order valence-corrected chi connectivity index (χ1v) is 16.7. The van der Waals surface area contributed by atoms with Crippen LogP contribution in [-0.2, 0) is 0 Å². The van der Waals surface area contributed by atoms with E-state index in [1.165, 1.54) is 16.8 Å². The molecule has 0 spiro atoms. The van der Waals surface area contributed by atoms with Crippen LogP contribution in [0.3, 0.4) is 0 Å². The van der Waals surface area contributed by atoms with Crippen LogP contribution in [0.1, 0.15) is 18.9 Å². The molecule has 1 aliphatic heterocycles. The summed E-state index contributed by atoms with van der Waals surface area (Å²) in [6, 6.07) is 40.6. The molecule has 3 aromatic heterocycles. The molecule has 4 heterocycles. The quantitative estimate of drug-likeness (QED) is 0.184. The lowest BCUT2D eigenvalue weighted by molar-refractivity contribution is 0.712. The molecule has 4 nitrogen and oxygen atoms in total. The number of fused-ring (bicyclic) bond motifs is 6. The van der Waals surface area contributed by atoms with Gasteiger partial charge in [-0.15, -0.1) is 0 Å². The standard InChI is InChI=1S/C44H34N4/c1-28-8-6-13-36(26-28)40-25-21-33-17-16-32-20-24-39(47-43(32)44(33)48(40)2)35-12-7-11-34(27-35)38-23-19-31-15-14-30-18-22-37(29-9-4-3-5-10-29)45-41(30)42(31)46-38/h3-7,9-28,40H,8H2,1-2H3. The van der Waals surface area contributed by atoms with Gasteiger partial charge in [-0.25, -0.2) is 15.0 Å². The van der Waals surface area contributed by atoms with Crippen LogP contribution in [0.2, 0.25) is 0 Å². The number of anilines is 1. The number of allylic oxidation sites excluding steroid dienone is 2. The van der Waals surface area contributed by atoms with E-state index in [2.05, 4.69) is 146 Å². The molecule has 0 fully saturated rings. The van der Waals surface area contributed by atoms with Gasteiger partial charge in [-0.3, -0.25) is 0 Å². The molecule has 4 heteroatoms. The van der Waals surface area contributed by atoms with E-state index < -0.39 is 0 Å². The molecule has 2 atom stereocenters. The summed E-state index contributed by atoms with van der Waals surface area (Å²) in [6.07, 6.45) is 12.7. The Morgan fingerprint density at radius 1 is 0.583 bits per heavy atom. The minimum Gasteiger partial charge on any atom is -0.362 e.